The van der Waals surface area contributed by atoms with Gasteiger partial charge in [-0.25, -0.2) is 0 Å². The summed E-state index contributed by atoms with van der Waals surface area (Å²) in [5.74, 6) is 0. The summed E-state index contributed by atoms with van der Waals surface area (Å²) in [7, 11) is -3.54. The van der Waals surface area contributed by atoms with Gasteiger partial charge in [0.2, 0.25) is 0 Å². The Morgan fingerprint density at radius 3 is 1.20 bits per heavy atom. The van der Waals surface area contributed by atoms with Crippen LogP contribution in [0.4, 0.5) is 0 Å². The first kappa shape index (κ1) is 22.0. The van der Waals surface area contributed by atoms with Crippen LogP contribution in [0.5, 0.6) is 0 Å². The zero-order chi connectivity index (χ0) is 20.9. The van der Waals surface area contributed by atoms with Crippen molar-refractivity contribution in [1.82, 2.24) is 9.80 Å². The summed E-state index contributed by atoms with van der Waals surface area (Å²) in [4.78, 5) is 5.68. The second-order valence-electron chi connectivity index (χ2n) is 10.1. The number of piperidine rings is 2. The molecule has 0 N–H and O–H groups in total. The fourth-order valence-electron chi connectivity index (χ4n) is 5.91. The number of likely N-dealkylation sites (tertiary alicyclic amines) is 2. The van der Waals surface area contributed by atoms with Crippen molar-refractivity contribution in [3.05, 3.63) is 60.7 Å². The molecule has 4 heteroatoms. The van der Waals surface area contributed by atoms with Crippen molar-refractivity contribution in [2.45, 2.75) is 51.6 Å². The lowest BCUT2D eigenvalue weighted by Gasteiger charge is -2.49. The Kier molecular flexibility index (Phi) is 7.29. The number of benzene rings is 2. The molecular weight excluding hydrogens is 396 g/mol. The van der Waals surface area contributed by atoms with E-state index in [2.05, 4.69) is 83.6 Å². The summed E-state index contributed by atoms with van der Waals surface area (Å²) in [6.07, 6.45) is 11.0. The fraction of sp³-hybridized carbons (Fsp3) is 0.538. The Balaban J connectivity index is 1.77. The number of hydrogen-bond donors (Lipinski definition) is 0. The third-order valence-corrected chi connectivity index (χ3v) is 25.8. The van der Waals surface area contributed by atoms with Gasteiger partial charge in [0.15, 0.2) is 0 Å². The summed E-state index contributed by atoms with van der Waals surface area (Å²) in [6.45, 7) is 10.7. The molecule has 2 atom stereocenters. The molecule has 2 aliphatic rings. The van der Waals surface area contributed by atoms with Gasteiger partial charge in [-0.3, -0.25) is 0 Å². The van der Waals surface area contributed by atoms with Crippen LogP contribution in [0.15, 0.2) is 60.7 Å². The quantitative estimate of drug-likeness (QED) is 0.603. The Morgan fingerprint density at radius 2 is 0.867 bits per heavy atom. The number of hydrogen-bond acceptors (Lipinski definition) is 2. The van der Waals surface area contributed by atoms with Crippen LogP contribution in [0.25, 0.3) is 0 Å². The van der Waals surface area contributed by atoms with Gasteiger partial charge in [-0.2, -0.15) is 0 Å². The minimum atomic E-state index is -1.77. The van der Waals surface area contributed by atoms with Gasteiger partial charge in [-0.1, -0.05) is 97.0 Å². The van der Waals surface area contributed by atoms with Gasteiger partial charge in [0.25, 0.3) is 0 Å². The first-order valence-corrected chi connectivity index (χ1v) is 18.6. The Bertz CT molecular complexity index is 705. The van der Waals surface area contributed by atoms with Crippen LogP contribution in [0.2, 0.25) is 13.1 Å². The van der Waals surface area contributed by atoms with Crippen molar-refractivity contribution >= 4 is 25.6 Å². The highest BCUT2D eigenvalue weighted by Crippen LogP contribution is 2.25. The average Bonchev–Trinajstić information content (AvgIpc) is 2.81. The van der Waals surface area contributed by atoms with E-state index in [9.17, 15) is 0 Å². The molecule has 0 bridgehead atoms. The summed E-state index contributed by atoms with van der Waals surface area (Å²) >= 11 is 0. The molecule has 2 unspecified atom stereocenters. The van der Waals surface area contributed by atoms with E-state index in [4.69, 9.17) is 0 Å². The maximum absolute atomic E-state index is 2.84. The van der Waals surface area contributed by atoms with Gasteiger partial charge < -0.3 is 9.80 Å². The van der Waals surface area contributed by atoms with E-state index in [1.807, 2.05) is 0 Å². The minimum Gasteiger partial charge on any atom is -0.306 e. The van der Waals surface area contributed by atoms with E-state index in [1.165, 1.54) is 77.0 Å². The van der Waals surface area contributed by atoms with Gasteiger partial charge in [-0.05, 0) is 64.2 Å². The zero-order valence-electron chi connectivity index (χ0n) is 19.2. The number of nitrogens with zero attached hydrogens (tertiary/aromatic N) is 2. The van der Waals surface area contributed by atoms with Crippen LogP contribution in [0, 0.1) is 0 Å². The Hall–Kier alpha value is -1.21. The molecule has 0 radical (unpaired) electrons. The summed E-state index contributed by atoms with van der Waals surface area (Å²) in [5.41, 5.74) is 0. The zero-order valence-corrected chi connectivity index (χ0v) is 21.2. The van der Waals surface area contributed by atoms with Gasteiger partial charge in [-0.15, -0.1) is 0 Å². The molecule has 2 nitrogen and oxygen atoms in total. The molecule has 2 aromatic carbocycles. The van der Waals surface area contributed by atoms with E-state index in [0.29, 0.717) is 0 Å². The molecule has 2 aliphatic heterocycles. The van der Waals surface area contributed by atoms with Gasteiger partial charge >= 0.3 is 0 Å². The smallest absolute Gasteiger partial charge is 0.0980 e. The standard InChI is InChI=1S/C26H40N2Si2/c1-29(25-15-7-3-8-16-25,23-27-19-11-5-12-20-27)30(2,26-17-9-4-10-18-26)24-28-21-13-6-14-22-28/h3-4,7-10,15-18H,5-6,11-14,19-24H2,1-2H3. The molecule has 0 spiro atoms. The summed E-state index contributed by atoms with van der Waals surface area (Å²) < 4.78 is 0. The van der Waals surface area contributed by atoms with E-state index in [0.717, 1.165) is 0 Å². The molecule has 2 saturated heterocycles. The van der Waals surface area contributed by atoms with E-state index in [1.54, 1.807) is 10.4 Å². The molecule has 2 fully saturated rings. The van der Waals surface area contributed by atoms with Crippen LogP contribution in [0.3, 0.4) is 0 Å². The lowest BCUT2D eigenvalue weighted by atomic mass is 10.1. The number of rotatable bonds is 7. The molecule has 162 valence electrons. The van der Waals surface area contributed by atoms with Crippen molar-refractivity contribution in [2.24, 2.45) is 0 Å². The van der Waals surface area contributed by atoms with Crippen LogP contribution >= 0.6 is 0 Å². The normalized spacial score (nSPS) is 22.9. The molecule has 0 saturated carbocycles. The maximum atomic E-state index is 2.84. The van der Waals surface area contributed by atoms with E-state index >= 15 is 0 Å². The highest BCUT2D eigenvalue weighted by atomic mass is 29.3. The van der Waals surface area contributed by atoms with Crippen molar-refractivity contribution < 1.29 is 0 Å². The highest BCUT2D eigenvalue weighted by molar-refractivity contribution is 7.50. The molecule has 0 aromatic heterocycles. The SMILES string of the molecule is C[Si](CN1CCCCC1)(c1ccccc1)[Si](C)(CN1CCCCC1)c1ccccc1. The molecular formula is C26H40N2Si2. The van der Waals surface area contributed by atoms with E-state index < -0.39 is 15.2 Å². The third kappa shape index (κ3) is 4.67. The average molecular weight is 437 g/mol. The maximum Gasteiger partial charge on any atom is 0.0980 e. The van der Waals surface area contributed by atoms with Crippen molar-refractivity contribution in [2.75, 3.05) is 38.5 Å². The van der Waals surface area contributed by atoms with Gasteiger partial charge in [0.1, 0.15) is 0 Å². The van der Waals surface area contributed by atoms with Crippen molar-refractivity contribution in [1.29, 1.82) is 0 Å². The molecule has 4 rings (SSSR count). The van der Waals surface area contributed by atoms with Gasteiger partial charge in [0.05, 0.1) is 15.2 Å². The largest absolute Gasteiger partial charge is 0.306 e. The van der Waals surface area contributed by atoms with Crippen LogP contribution in [0.1, 0.15) is 38.5 Å². The Morgan fingerprint density at radius 1 is 0.533 bits per heavy atom. The summed E-state index contributed by atoms with van der Waals surface area (Å²) in [6, 6.07) is 23.4. The van der Waals surface area contributed by atoms with E-state index in [-0.39, 0.29) is 0 Å². The minimum absolute atomic E-state index is 1.30. The second kappa shape index (κ2) is 9.94. The first-order valence-electron chi connectivity index (χ1n) is 12.2. The predicted octanol–water partition coefficient (Wildman–Crippen LogP) is 4.09. The molecule has 2 heterocycles. The van der Waals surface area contributed by atoms with Gasteiger partial charge in [0, 0.05) is 0 Å². The molecule has 2 aromatic rings. The van der Waals surface area contributed by atoms with Crippen molar-refractivity contribution in [3.8, 4) is 0 Å². The Labute approximate surface area is 186 Å². The van der Waals surface area contributed by atoms with Crippen molar-refractivity contribution in [3.63, 3.8) is 0 Å². The lowest BCUT2D eigenvalue weighted by Crippen LogP contribution is -2.79. The van der Waals surface area contributed by atoms with Crippen LogP contribution in [-0.4, -0.2) is 63.5 Å². The molecule has 0 aliphatic carbocycles. The van der Waals surface area contributed by atoms with Crippen LogP contribution in [-0.2, 0) is 0 Å². The highest BCUT2D eigenvalue weighted by Gasteiger charge is 2.52. The molecule has 0 amide bonds. The van der Waals surface area contributed by atoms with Crippen LogP contribution < -0.4 is 10.4 Å². The second-order valence-corrected chi connectivity index (χ2v) is 23.8. The monoisotopic (exact) mass is 436 g/mol. The molecule has 30 heavy (non-hydrogen) atoms. The third-order valence-electron chi connectivity index (χ3n) is 8.02. The summed E-state index contributed by atoms with van der Waals surface area (Å²) in [5, 5.41) is 3.37. The fourth-order valence-corrected chi connectivity index (χ4v) is 20.8. The lowest BCUT2D eigenvalue weighted by molar-refractivity contribution is 0.257. The topological polar surface area (TPSA) is 6.48 Å². The first-order chi connectivity index (χ1) is 14.6. The predicted molar refractivity (Wildman–Crippen MR) is 136 cm³/mol.